The van der Waals surface area contributed by atoms with E-state index in [1.165, 1.54) is 23.1 Å². The first-order chi connectivity index (χ1) is 21.0. The monoisotopic (exact) mass is 631 g/mol. The fourth-order valence-electron chi connectivity index (χ4n) is 5.50. The number of likely N-dealkylation sites (tertiary alicyclic amines) is 1. The Labute approximate surface area is 259 Å². The standard InChI is InChI=1S/C30H26ClN7O3S2/c1-18-8-9-19(31)15-24(18)38-27(25-7-4-14-41-25)34-35-30(38)43-17-26-32-22(16-42-26)28(39)36-12-10-20(11-13-36)37-23-6-3-2-5-21(23)33-29(37)40/h2-9,14-16,20H,10-13,17H2,1H3,(H,33,40). The summed E-state index contributed by atoms with van der Waals surface area (Å²) in [5.41, 5.74) is 3.93. The molecule has 1 amide bonds. The number of thioether (sulfide) groups is 1. The van der Waals surface area contributed by atoms with E-state index in [1.807, 2.05) is 80.9 Å². The van der Waals surface area contributed by atoms with Crippen LogP contribution in [-0.2, 0) is 5.75 Å². The minimum atomic E-state index is -0.106. The van der Waals surface area contributed by atoms with E-state index in [0.29, 0.717) is 59.1 Å². The normalized spacial score (nSPS) is 14.1. The summed E-state index contributed by atoms with van der Waals surface area (Å²) in [5, 5.41) is 12.8. The number of hydrogen-bond donors (Lipinski definition) is 1. The zero-order chi connectivity index (χ0) is 29.5. The number of amides is 1. The number of nitrogens with zero attached hydrogens (tertiary/aromatic N) is 6. The SMILES string of the molecule is Cc1ccc(Cl)cc1-n1c(SCc2nc(C(=O)N3CCC(n4c(=O)[nH]c5ccccc54)CC3)cs2)nnc1-c1ccco1. The number of imidazole rings is 1. The van der Waals surface area contributed by atoms with Crippen LogP contribution in [0.4, 0.5) is 0 Å². The topological polar surface area (TPSA) is 115 Å². The molecule has 6 aromatic rings. The molecule has 0 radical (unpaired) electrons. The molecule has 0 unspecified atom stereocenters. The number of carbonyl (C=O) groups excluding carboxylic acids is 1. The van der Waals surface area contributed by atoms with Crippen molar-refractivity contribution in [1.82, 2.24) is 34.2 Å². The number of fused-ring (bicyclic) bond motifs is 1. The molecule has 7 rings (SSSR count). The van der Waals surface area contributed by atoms with Crippen LogP contribution in [0.5, 0.6) is 0 Å². The highest BCUT2D eigenvalue weighted by Gasteiger charge is 2.28. The van der Waals surface area contributed by atoms with Gasteiger partial charge in [-0.15, -0.1) is 21.5 Å². The van der Waals surface area contributed by atoms with Gasteiger partial charge in [0.25, 0.3) is 5.91 Å². The third-order valence-corrected chi connectivity index (χ3v) is 9.83. The van der Waals surface area contributed by atoms with Crippen LogP contribution in [0, 0.1) is 6.92 Å². The van der Waals surface area contributed by atoms with Crippen molar-refractivity contribution in [3.05, 3.63) is 98.0 Å². The molecule has 2 aromatic carbocycles. The van der Waals surface area contributed by atoms with Crippen molar-refractivity contribution in [2.24, 2.45) is 0 Å². The number of benzene rings is 2. The number of aryl methyl sites for hydroxylation is 1. The predicted octanol–water partition coefficient (Wildman–Crippen LogP) is 6.36. The first-order valence-electron chi connectivity index (χ1n) is 13.8. The van der Waals surface area contributed by atoms with Gasteiger partial charge in [0.1, 0.15) is 10.7 Å². The van der Waals surface area contributed by atoms with Gasteiger partial charge in [-0.3, -0.25) is 13.9 Å². The first-order valence-corrected chi connectivity index (χ1v) is 16.0. The van der Waals surface area contributed by atoms with E-state index < -0.39 is 0 Å². The smallest absolute Gasteiger partial charge is 0.326 e. The summed E-state index contributed by atoms with van der Waals surface area (Å²) in [7, 11) is 0. The van der Waals surface area contributed by atoms with E-state index in [-0.39, 0.29) is 17.6 Å². The van der Waals surface area contributed by atoms with Crippen LogP contribution in [-0.4, -0.2) is 53.2 Å². The van der Waals surface area contributed by atoms with Crippen LogP contribution >= 0.6 is 34.7 Å². The largest absolute Gasteiger partial charge is 0.461 e. The molecule has 0 bridgehead atoms. The molecule has 1 aliphatic rings. The average molecular weight is 632 g/mol. The number of aromatic amines is 1. The molecule has 5 heterocycles. The van der Waals surface area contributed by atoms with Crippen molar-refractivity contribution in [2.75, 3.05) is 13.1 Å². The highest BCUT2D eigenvalue weighted by molar-refractivity contribution is 7.98. The Bertz CT molecular complexity index is 1980. The summed E-state index contributed by atoms with van der Waals surface area (Å²) >= 11 is 9.28. The van der Waals surface area contributed by atoms with E-state index in [1.54, 1.807) is 6.26 Å². The summed E-state index contributed by atoms with van der Waals surface area (Å²) in [5.74, 6) is 1.60. The van der Waals surface area contributed by atoms with E-state index in [4.69, 9.17) is 16.0 Å². The number of piperidine rings is 1. The second-order valence-corrected chi connectivity index (χ2v) is 12.6. The average Bonchev–Trinajstić information content (AvgIpc) is 3.83. The molecule has 43 heavy (non-hydrogen) atoms. The number of nitrogens with one attached hydrogen (secondary N) is 1. The Morgan fingerprint density at radius 2 is 1.98 bits per heavy atom. The molecular weight excluding hydrogens is 606 g/mol. The first kappa shape index (κ1) is 27.7. The second-order valence-electron chi connectivity index (χ2n) is 10.3. The van der Waals surface area contributed by atoms with E-state index in [9.17, 15) is 9.59 Å². The van der Waals surface area contributed by atoms with Gasteiger partial charge in [0.2, 0.25) is 5.82 Å². The highest BCUT2D eigenvalue weighted by atomic mass is 35.5. The molecule has 0 saturated carbocycles. The molecule has 10 nitrogen and oxygen atoms in total. The third-order valence-electron chi connectivity index (χ3n) is 7.62. The fourth-order valence-corrected chi connectivity index (χ4v) is 7.39. The molecule has 1 saturated heterocycles. The van der Waals surface area contributed by atoms with Gasteiger partial charge in [0, 0.05) is 29.5 Å². The number of para-hydroxylation sites is 2. The van der Waals surface area contributed by atoms with Crippen LogP contribution in [0.1, 0.15) is 39.9 Å². The molecule has 1 aliphatic heterocycles. The number of hydrogen-bond acceptors (Lipinski definition) is 8. The Balaban J connectivity index is 1.05. The molecule has 4 aromatic heterocycles. The van der Waals surface area contributed by atoms with Gasteiger partial charge in [-0.25, -0.2) is 9.78 Å². The van der Waals surface area contributed by atoms with E-state index in [0.717, 1.165) is 27.3 Å². The lowest BCUT2D eigenvalue weighted by Gasteiger charge is -2.32. The number of halogens is 1. The zero-order valence-electron chi connectivity index (χ0n) is 23.1. The van der Waals surface area contributed by atoms with Gasteiger partial charge in [-0.2, -0.15) is 0 Å². The molecule has 0 spiro atoms. The molecule has 13 heteroatoms. The van der Waals surface area contributed by atoms with Crippen LogP contribution in [0.25, 0.3) is 28.3 Å². The summed E-state index contributed by atoms with van der Waals surface area (Å²) in [6, 6.07) is 17.1. The Morgan fingerprint density at radius 1 is 1.14 bits per heavy atom. The number of rotatable bonds is 7. The zero-order valence-corrected chi connectivity index (χ0v) is 25.5. The quantitative estimate of drug-likeness (QED) is 0.204. The maximum absolute atomic E-state index is 13.3. The van der Waals surface area contributed by atoms with Gasteiger partial charge < -0.3 is 14.3 Å². The lowest BCUT2D eigenvalue weighted by atomic mass is 10.0. The minimum absolute atomic E-state index is 0.0432. The molecule has 1 fully saturated rings. The Morgan fingerprint density at radius 3 is 2.79 bits per heavy atom. The van der Waals surface area contributed by atoms with Gasteiger partial charge >= 0.3 is 5.69 Å². The molecule has 0 aliphatic carbocycles. The lowest BCUT2D eigenvalue weighted by Crippen LogP contribution is -2.40. The summed E-state index contributed by atoms with van der Waals surface area (Å²) in [6.45, 7) is 3.13. The molecular formula is C30H26ClN7O3S2. The van der Waals surface area contributed by atoms with Gasteiger partial charge in [0.15, 0.2) is 10.9 Å². The summed E-state index contributed by atoms with van der Waals surface area (Å²) in [6.07, 6.45) is 3.01. The second kappa shape index (κ2) is 11.5. The van der Waals surface area contributed by atoms with Gasteiger partial charge in [0.05, 0.1) is 28.7 Å². The highest BCUT2D eigenvalue weighted by Crippen LogP contribution is 2.33. The molecule has 0 atom stereocenters. The van der Waals surface area contributed by atoms with Crippen molar-refractivity contribution in [3.63, 3.8) is 0 Å². The van der Waals surface area contributed by atoms with Crippen LogP contribution in [0.3, 0.4) is 0 Å². The number of aromatic nitrogens is 6. The van der Waals surface area contributed by atoms with Crippen LogP contribution in [0.15, 0.2) is 80.6 Å². The van der Waals surface area contributed by atoms with Crippen molar-refractivity contribution in [3.8, 4) is 17.3 Å². The number of furan rings is 1. The lowest BCUT2D eigenvalue weighted by molar-refractivity contribution is 0.0689. The maximum Gasteiger partial charge on any atom is 0.326 e. The van der Waals surface area contributed by atoms with Crippen LogP contribution in [0.2, 0.25) is 5.02 Å². The van der Waals surface area contributed by atoms with E-state index in [2.05, 4.69) is 20.2 Å². The van der Waals surface area contributed by atoms with Crippen molar-refractivity contribution in [1.29, 1.82) is 0 Å². The fraction of sp³-hybridized carbons (Fsp3) is 0.233. The van der Waals surface area contributed by atoms with Crippen LogP contribution < -0.4 is 5.69 Å². The Kier molecular flexibility index (Phi) is 7.41. The Hall–Kier alpha value is -4.13. The minimum Gasteiger partial charge on any atom is -0.461 e. The number of carbonyl (C=O) groups is 1. The van der Waals surface area contributed by atoms with Crippen molar-refractivity contribution in [2.45, 2.75) is 36.7 Å². The summed E-state index contributed by atoms with van der Waals surface area (Å²) < 4.78 is 9.40. The third kappa shape index (κ3) is 5.30. The number of H-pyrrole nitrogens is 1. The predicted molar refractivity (Wildman–Crippen MR) is 167 cm³/mol. The molecule has 218 valence electrons. The molecule has 1 N–H and O–H groups in total. The van der Waals surface area contributed by atoms with E-state index >= 15 is 0 Å². The number of thiazole rings is 1. The summed E-state index contributed by atoms with van der Waals surface area (Å²) in [4.78, 5) is 35.4. The van der Waals surface area contributed by atoms with Crippen molar-refractivity contribution < 1.29 is 9.21 Å². The van der Waals surface area contributed by atoms with Gasteiger partial charge in [-0.05, 0) is 61.7 Å². The van der Waals surface area contributed by atoms with Gasteiger partial charge in [-0.1, -0.05) is 41.6 Å². The maximum atomic E-state index is 13.3. The van der Waals surface area contributed by atoms with Crippen molar-refractivity contribution >= 4 is 51.6 Å².